The van der Waals surface area contributed by atoms with E-state index >= 15 is 0 Å². The van der Waals surface area contributed by atoms with Crippen LogP contribution in [0.1, 0.15) is 22.3 Å². The van der Waals surface area contributed by atoms with Crippen molar-refractivity contribution in [3.8, 4) is 11.5 Å². The maximum absolute atomic E-state index is 12.8. The van der Waals surface area contributed by atoms with E-state index in [1.54, 1.807) is 72.8 Å². The van der Waals surface area contributed by atoms with Gasteiger partial charge in [-0.15, -0.1) is 0 Å². The molecule has 4 rings (SSSR count). The zero-order chi connectivity index (χ0) is 25.1. The molecule has 0 N–H and O–H groups in total. The molecule has 0 fully saturated rings. The van der Waals surface area contributed by atoms with Gasteiger partial charge in [-0.05, 0) is 50.2 Å². The Morgan fingerprint density at radius 3 is 1.23 bits per heavy atom. The predicted molar refractivity (Wildman–Crippen MR) is 134 cm³/mol. The monoisotopic (exact) mass is 508 g/mol. The van der Waals surface area contributed by atoms with Gasteiger partial charge < -0.3 is 8.37 Å². The summed E-state index contributed by atoms with van der Waals surface area (Å²) >= 11 is 0. The summed E-state index contributed by atoms with van der Waals surface area (Å²) in [5.74, 6) is 0.313. The van der Waals surface area contributed by atoms with Gasteiger partial charge in [0.15, 0.2) is 0 Å². The van der Waals surface area contributed by atoms with E-state index in [2.05, 4.69) is 0 Å². The summed E-state index contributed by atoms with van der Waals surface area (Å²) in [6.07, 6.45) is 0.194. The molecule has 0 aliphatic carbocycles. The number of para-hydroxylation sites is 2. The second-order valence-corrected chi connectivity index (χ2v) is 11.2. The van der Waals surface area contributed by atoms with E-state index in [4.69, 9.17) is 8.37 Å². The van der Waals surface area contributed by atoms with Crippen LogP contribution in [0, 0.1) is 13.8 Å². The van der Waals surface area contributed by atoms with E-state index in [-0.39, 0.29) is 27.7 Å². The number of hydrogen-bond acceptors (Lipinski definition) is 6. The van der Waals surface area contributed by atoms with Gasteiger partial charge in [0.1, 0.15) is 21.3 Å². The molecule has 0 unspecified atom stereocenters. The minimum Gasteiger partial charge on any atom is -0.379 e. The van der Waals surface area contributed by atoms with Gasteiger partial charge in [0.05, 0.1) is 0 Å². The zero-order valence-electron chi connectivity index (χ0n) is 19.2. The number of aryl methyl sites for hydroxylation is 2. The van der Waals surface area contributed by atoms with E-state index < -0.39 is 20.2 Å². The van der Waals surface area contributed by atoms with Crippen LogP contribution in [0.4, 0.5) is 0 Å². The average Bonchev–Trinajstić information content (AvgIpc) is 2.82. The highest BCUT2D eigenvalue weighted by Gasteiger charge is 2.21. The van der Waals surface area contributed by atoms with Gasteiger partial charge in [-0.2, -0.15) is 16.8 Å². The van der Waals surface area contributed by atoms with Crippen molar-refractivity contribution in [2.45, 2.75) is 30.1 Å². The molecule has 4 aromatic carbocycles. The molecule has 180 valence electrons. The van der Waals surface area contributed by atoms with Crippen molar-refractivity contribution < 1.29 is 25.2 Å². The van der Waals surface area contributed by atoms with Gasteiger partial charge in [-0.1, -0.05) is 71.8 Å². The van der Waals surface area contributed by atoms with E-state index in [9.17, 15) is 16.8 Å². The Morgan fingerprint density at radius 1 is 0.514 bits per heavy atom. The molecular formula is C27H24O6S2. The van der Waals surface area contributed by atoms with E-state index in [0.717, 1.165) is 11.1 Å². The Bertz CT molecular complexity index is 1420. The average molecular weight is 509 g/mol. The third kappa shape index (κ3) is 5.90. The summed E-state index contributed by atoms with van der Waals surface area (Å²) < 4.78 is 62.2. The van der Waals surface area contributed by atoms with Crippen LogP contribution in [0.2, 0.25) is 0 Å². The Balaban J connectivity index is 1.62. The highest BCUT2D eigenvalue weighted by atomic mass is 32.2. The fourth-order valence-corrected chi connectivity index (χ4v) is 5.34. The lowest BCUT2D eigenvalue weighted by molar-refractivity contribution is 0.482. The standard InChI is InChI=1S/C27H24O6S2/c1-20-11-15-24(16-12-20)34(28,29)32-26-9-5-3-7-22(26)19-23-8-4-6-10-27(23)33-35(30,31)25-17-13-21(2)14-18-25/h3-18H,19H2,1-2H3. The molecule has 0 spiro atoms. The van der Waals surface area contributed by atoms with Crippen LogP contribution in [-0.2, 0) is 26.7 Å². The SMILES string of the molecule is Cc1ccc(S(=O)(=O)Oc2ccccc2Cc2ccccc2OS(=O)(=O)c2ccc(C)cc2)cc1. The number of rotatable bonds is 8. The maximum Gasteiger partial charge on any atom is 0.339 e. The van der Waals surface area contributed by atoms with Gasteiger partial charge in [0, 0.05) is 17.5 Å². The van der Waals surface area contributed by atoms with Gasteiger partial charge in [0.25, 0.3) is 0 Å². The summed E-state index contributed by atoms with van der Waals surface area (Å²) in [7, 11) is -8.10. The fourth-order valence-electron chi connectivity index (χ4n) is 3.41. The normalized spacial score (nSPS) is 11.7. The highest BCUT2D eigenvalue weighted by Crippen LogP contribution is 2.30. The molecule has 8 heteroatoms. The molecular weight excluding hydrogens is 484 g/mol. The third-order valence-corrected chi connectivity index (χ3v) is 7.84. The molecule has 0 aromatic heterocycles. The minimum absolute atomic E-state index is 0.0471. The molecule has 0 atom stereocenters. The summed E-state index contributed by atoms with van der Waals surface area (Å²) in [6, 6.07) is 26.2. The molecule has 4 aromatic rings. The Hall–Kier alpha value is -3.62. The molecule has 35 heavy (non-hydrogen) atoms. The van der Waals surface area contributed by atoms with Crippen LogP contribution >= 0.6 is 0 Å². The van der Waals surface area contributed by atoms with Crippen molar-refractivity contribution in [2.24, 2.45) is 0 Å². The topological polar surface area (TPSA) is 86.7 Å². The van der Waals surface area contributed by atoms with Crippen molar-refractivity contribution in [3.05, 3.63) is 119 Å². The summed E-state index contributed by atoms with van der Waals surface area (Å²) in [6.45, 7) is 3.73. The van der Waals surface area contributed by atoms with Crippen molar-refractivity contribution in [2.75, 3.05) is 0 Å². The zero-order valence-corrected chi connectivity index (χ0v) is 20.8. The van der Waals surface area contributed by atoms with Crippen molar-refractivity contribution in [1.29, 1.82) is 0 Å². The van der Waals surface area contributed by atoms with Crippen LogP contribution < -0.4 is 8.37 Å². The smallest absolute Gasteiger partial charge is 0.339 e. The van der Waals surface area contributed by atoms with Crippen molar-refractivity contribution >= 4 is 20.2 Å². The van der Waals surface area contributed by atoms with Gasteiger partial charge in [-0.25, -0.2) is 0 Å². The number of benzene rings is 4. The highest BCUT2D eigenvalue weighted by molar-refractivity contribution is 7.87. The van der Waals surface area contributed by atoms with Crippen LogP contribution in [0.15, 0.2) is 107 Å². The van der Waals surface area contributed by atoms with Crippen LogP contribution in [0.25, 0.3) is 0 Å². The molecule has 6 nitrogen and oxygen atoms in total. The summed E-state index contributed by atoms with van der Waals surface area (Å²) in [5, 5.41) is 0. The largest absolute Gasteiger partial charge is 0.379 e. The molecule has 0 aliphatic heterocycles. The first-order valence-electron chi connectivity index (χ1n) is 10.8. The van der Waals surface area contributed by atoms with Crippen molar-refractivity contribution in [1.82, 2.24) is 0 Å². The van der Waals surface area contributed by atoms with E-state index in [1.807, 2.05) is 13.8 Å². The molecule has 0 saturated carbocycles. The second-order valence-electron chi connectivity index (χ2n) is 8.09. The van der Waals surface area contributed by atoms with E-state index in [1.165, 1.54) is 24.3 Å². The van der Waals surface area contributed by atoms with Crippen LogP contribution in [0.3, 0.4) is 0 Å². The lowest BCUT2D eigenvalue weighted by Crippen LogP contribution is -2.12. The Labute approximate surface area is 206 Å². The number of hydrogen-bond donors (Lipinski definition) is 0. The first-order valence-corrected chi connectivity index (χ1v) is 13.6. The van der Waals surface area contributed by atoms with Gasteiger partial charge >= 0.3 is 20.2 Å². The second kappa shape index (κ2) is 9.93. The van der Waals surface area contributed by atoms with E-state index in [0.29, 0.717) is 11.1 Å². The first kappa shape index (κ1) is 24.5. The summed E-state index contributed by atoms with van der Waals surface area (Å²) in [4.78, 5) is 0.0941. The van der Waals surface area contributed by atoms with Gasteiger partial charge in [0.2, 0.25) is 0 Å². The quantitative estimate of drug-likeness (QED) is 0.295. The van der Waals surface area contributed by atoms with Crippen LogP contribution in [0.5, 0.6) is 11.5 Å². The molecule has 0 saturated heterocycles. The Kier molecular flexibility index (Phi) is 6.95. The molecule has 0 radical (unpaired) electrons. The lowest BCUT2D eigenvalue weighted by Gasteiger charge is -2.14. The Morgan fingerprint density at radius 2 is 0.857 bits per heavy atom. The predicted octanol–water partition coefficient (Wildman–Crippen LogP) is 5.43. The summed E-state index contributed by atoms with van der Waals surface area (Å²) in [5.41, 5.74) is 2.99. The fraction of sp³-hybridized carbons (Fsp3) is 0.111. The lowest BCUT2D eigenvalue weighted by atomic mass is 10.0. The third-order valence-electron chi connectivity index (χ3n) is 5.34. The first-order chi connectivity index (χ1) is 16.6. The van der Waals surface area contributed by atoms with Gasteiger partial charge in [-0.3, -0.25) is 0 Å². The maximum atomic E-state index is 12.8. The van der Waals surface area contributed by atoms with Crippen LogP contribution in [-0.4, -0.2) is 16.8 Å². The molecule has 0 heterocycles. The van der Waals surface area contributed by atoms with Crippen molar-refractivity contribution in [3.63, 3.8) is 0 Å². The molecule has 0 amide bonds. The molecule has 0 bridgehead atoms. The molecule has 0 aliphatic rings. The minimum atomic E-state index is -4.05.